The van der Waals surface area contributed by atoms with E-state index in [2.05, 4.69) is 40.9 Å². The van der Waals surface area contributed by atoms with Gasteiger partial charge in [-0.15, -0.1) is 0 Å². The van der Waals surface area contributed by atoms with Gasteiger partial charge < -0.3 is 4.74 Å². The maximum Gasteiger partial charge on any atom is 0.190 e. The van der Waals surface area contributed by atoms with E-state index in [-0.39, 0.29) is 12.3 Å². The second kappa shape index (κ2) is 6.08. The lowest BCUT2D eigenvalue weighted by atomic mass is 9.95. The van der Waals surface area contributed by atoms with Gasteiger partial charge in [-0.05, 0) is 35.9 Å². The Hall–Kier alpha value is -1.52. The van der Waals surface area contributed by atoms with Gasteiger partial charge in [-0.1, -0.05) is 53.5 Å². The summed E-state index contributed by atoms with van der Waals surface area (Å²) in [6, 6.07) is 14.3. The molecule has 0 amide bonds. The molecule has 124 valence electrons. The van der Waals surface area contributed by atoms with Gasteiger partial charge in [0.2, 0.25) is 0 Å². The van der Waals surface area contributed by atoms with Crippen LogP contribution in [0.3, 0.4) is 0 Å². The molecule has 0 aliphatic carbocycles. The first-order chi connectivity index (χ1) is 11.5. The van der Waals surface area contributed by atoms with Crippen molar-refractivity contribution in [2.24, 2.45) is 11.0 Å². The lowest BCUT2D eigenvalue weighted by Gasteiger charge is -2.40. The number of hydrogen-bond acceptors (Lipinski definition) is 3. The van der Waals surface area contributed by atoms with Crippen LogP contribution in [-0.4, -0.2) is 16.9 Å². The molecule has 2 atom stereocenters. The molecule has 0 bridgehead atoms. The number of nitrogens with zero attached hydrogens (tertiary/aromatic N) is 2. The highest BCUT2D eigenvalue weighted by Gasteiger charge is 2.41. The van der Waals surface area contributed by atoms with Gasteiger partial charge in [-0.2, -0.15) is 5.10 Å². The predicted molar refractivity (Wildman–Crippen MR) is 101 cm³/mol. The lowest BCUT2D eigenvalue weighted by molar-refractivity contribution is -0.0461. The monoisotopic (exact) mass is 404 g/mol. The van der Waals surface area contributed by atoms with Crippen molar-refractivity contribution < 1.29 is 4.74 Å². The third kappa shape index (κ3) is 2.72. The van der Waals surface area contributed by atoms with Crippen LogP contribution in [0.15, 0.2) is 52.0 Å². The average Bonchev–Trinajstić information content (AvgIpc) is 3.00. The third-order valence-electron chi connectivity index (χ3n) is 4.53. The molecule has 2 aromatic carbocycles. The Bertz CT molecular complexity index is 804. The number of benzene rings is 2. The number of ether oxygens (including phenoxy) is 1. The molecule has 4 rings (SSSR count). The largest absolute Gasteiger partial charge is 0.468 e. The zero-order valence-corrected chi connectivity index (χ0v) is 15.9. The van der Waals surface area contributed by atoms with Crippen molar-refractivity contribution in [3.63, 3.8) is 0 Å². The molecule has 0 spiro atoms. The van der Waals surface area contributed by atoms with E-state index >= 15 is 0 Å². The van der Waals surface area contributed by atoms with Crippen molar-refractivity contribution in [3.05, 3.63) is 63.1 Å². The smallest absolute Gasteiger partial charge is 0.190 e. The second-order valence-electron chi connectivity index (χ2n) is 6.59. The Balaban J connectivity index is 1.75. The van der Waals surface area contributed by atoms with Crippen molar-refractivity contribution in [3.8, 4) is 5.75 Å². The number of rotatable bonds is 2. The maximum atomic E-state index is 6.24. The van der Waals surface area contributed by atoms with Gasteiger partial charge in [0, 0.05) is 27.4 Å². The minimum absolute atomic E-state index is 0.0477. The molecule has 2 aromatic rings. The van der Waals surface area contributed by atoms with Crippen LogP contribution >= 0.6 is 27.5 Å². The van der Waals surface area contributed by atoms with E-state index < -0.39 is 0 Å². The van der Waals surface area contributed by atoms with Gasteiger partial charge in [-0.3, -0.25) is 0 Å². The molecular formula is C19H18BrClN2O. The van der Waals surface area contributed by atoms with Crippen LogP contribution in [0, 0.1) is 5.92 Å². The summed E-state index contributed by atoms with van der Waals surface area (Å²) >= 11 is 9.59. The Labute approximate surface area is 155 Å². The summed E-state index contributed by atoms with van der Waals surface area (Å²) in [7, 11) is 0. The molecule has 2 heterocycles. The molecule has 0 fully saturated rings. The SMILES string of the molecule is CC(C)[C@H]1Oc2ccc(Br)cc2[C@H]2CC(c3ccc(Cl)cc3)=NN21. The summed E-state index contributed by atoms with van der Waals surface area (Å²) in [5.74, 6) is 1.31. The van der Waals surface area contributed by atoms with Gasteiger partial charge in [0.1, 0.15) is 5.75 Å². The zero-order chi connectivity index (χ0) is 16.8. The minimum atomic E-state index is -0.0477. The van der Waals surface area contributed by atoms with Gasteiger partial charge in [0.25, 0.3) is 0 Å². The highest BCUT2D eigenvalue weighted by molar-refractivity contribution is 9.10. The standard InChI is InChI=1S/C19H18BrClN2O/c1-11(2)19-23-17(15-9-13(20)5-8-18(15)24-19)10-16(22-23)12-3-6-14(21)7-4-12/h3-9,11,17,19H,10H2,1-2H3/t17-,19-/m1/s1. The molecule has 3 nitrogen and oxygen atoms in total. The molecule has 2 aliphatic heterocycles. The summed E-state index contributed by atoms with van der Waals surface area (Å²) < 4.78 is 7.31. The molecule has 0 aromatic heterocycles. The Morgan fingerprint density at radius 1 is 1.21 bits per heavy atom. The van der Waals surface area contributed by atoms with Gasteiger partial charge in [0.15, 0.2) is 6.23 Å². The summed E-state index contributed by atoms with van der Waals surface area (Å²) in [4.78, 5) is 0. The molecule has 2 aliphatic rings. The number of halogens is 2. The fraction of sp³-hybridized carbons (Fsp3) is 0.316. The van der Waals surface area contributed by atoms with Crippen LogP contribution in [0.5, 0.6) is 5.75 Å². The Morgan fingerprint density at radius 3 is 2.67 bits per heavy atom. The molecule has 24 heavy (non-hydrogen) atoms. The lowest BCUT2D eigenvalue weighted by Crippen LogP contribution is -2.43. The van der Waals surface area contributed by atoms with Crippen molar-refractivity contribution in [2.75, 3.05) is 0 Å². The first kappa shape index (κ1) is 16.0. The van der Waals surface area contributed by atoms with E-state index in [4.69, 9.17) is 21.4 Å². The van der Waals surface area contributed by atoms with Gasteiger partial charge in [0.05, 0.1) is 11.8 Å². The molecular weight excluding hydrogens is 388 g/mol. The van der Waals surface area contributed by atoms with Crippen molar-refractivity contribution in [2.45, 2.75) is 32.5 Å². The van der Waals surface area contributed by atoms with Crippen molar-refractivity contribution in [1.29, 1.82) is 0 Å². The fourth-order valence-corrected chi connectivity index (χ4v) is 3.85. The highest BCUT2D eigenvalue weighted by Crippen LogP contribution is 2.45. The van der Waals surface area contributed by atoms with E-state index in [0.717, 1.165) is 32.9 Å². The molecule has 5 heteroatoms. The van der Waals surface area contributed by atoms with E-state index in [9.17, 15) is 0 Å². The first-order valence-corrected chi connectivity index (χ1v) is 9.28. The number of hydrazone groups is 1. The summed E-state index contributed by atoms with van der Waals surface area (Å²) in [5, 5.41) is 7.78. The van der Waals surface area contributed by atoms with Crippen LogP contribution < -0.4 is 4.74 Å². The molecule has 0 unspecified atom stereocenters. The van der Waals surface area contributed by atoms with Crippen LogP contribution in [0.25, 0.3) is 0 Å². The van der Waals surface area contributed by atoms with Crippen LogP contribution in [0.2, 0.25) is 5.02 Å². The highest BCUT2D eigenvalue weighted by atomic mass is 79.9. The normalized spacial score (nSPS) is 22.0. The number of hydrogen-bond donors (Lipinski definition) is 0. The zero-order valence-electron chi connectivity index (χ0n) is 13.5. The Kier molecular flexibility index (Phi) is 4.05. The summed E-state index contributed by atoms with van der Waals surface area (Å²) in [5.41, 5.74) is 3.39. The maximum absolute atomic E-state index is 6.24. The van der Waals surface area contributed by atoms with Crippen molar-refractivity contribution >= 4 is 33.2 Å². The van der Waals surface area contributed by atoms with Gasteiger partial charge >= 0.3 is 0 Å². The second-order valence-corrected chi connectivity index (χ2v) is 7.94. The first-order valence-electron chi connectivity index (χ1n) is 8.11. The van der Waals surface area contributed by atoms with E-state index in [0.29, 0.717) is 5.92 Å². The Morgan fingerprint density at radius 2 is 1.96 bits per heavy atom. The molecule has 0 radical (unpaired) electrons. The fourth-order valence-electron chi connectivity index (χ4n) is 3.34. The number of fused-ring (bicyclic) bond motifs is 3. The average molecular weight is 406 g/mol. The van der Waals surface area contributed by atoms with Crippen LogP contribution in [0.1, 0.15) is 37.4 Å². The minimum Gasteiger partial charge on any atom is -0.468 e. The summed E-state index contributed by atoms with van der Waals surface area (Å²) in [6.45, 7) is 4.34. The topological polar surface area (TPSA) is 24.8 Å². The third-order valence-corrected chi connectivity index (χ3v) is 5.27. The van der Waals surface area contributed by atoms with E-state index in [1.807, 2.05) is 36.4 Å². The van der Waals surface area contributed by atoms with Crippen LogP contribution in [0.4, 0.5) is 0 Å². The van der Waals surface area contributed by atoms with Crippen LogP contribution in [-0.2, 0) is 0 Å². The van der Waals surface area contributed by atoms with Crippen molar-refractivity contribution in [1.82, 2.24) is 5.01 Å². The molecule has 0 N–H and O–H groups in total. The van der Waals surface area contributed by atoms with E-state index in [1.165, 1.54) is 5.56 Å². The summed E-state index contributed by atoms with van der Waals surface area (Å²) in [6.07, 6.45) is 0.825. The molecule has 0 saturated heterocycles. The van der Waals surface area contributed by atoms with Gasteiger partial charge in [-0.25, -0.2) is 5.01 Å². The quantitative estimate of drug-likeness (QED) is 0.647. The predicted octanol–water partition coefficient (Wildman–Crippen LogP) is 5.63. The van der Waals surface area contributed by atoms with E-state index in [1.54, 1.807) is 0 Å². The molecule has 0 saturated carbocycles.